The van der Waals surface area contributed by atoms with E-state index in [1.807, 2.05) is 32.0 Å². The first-order valence-corrected chi connectivity index (χ1v) is 6.16. The van der Waals surface area contributed by atoms with Crippen molar-refractivity contribution in [2.75, 3.05) is 6.54 Å². The van der Waals surface area contributed by atoms with E-state index in [1.54, 1.807) is 0 Å². The number of rotatable bonds is 5. The topological polar surface area (TPSA) is 55.1 Å². The Labute approximate surface area is 103 Å². The van der Waals surface area contributed by atoms with Gasteiger partial charge in [0.1, 0.15) is 0 Å². The Morgan fingerprint density at radius 1 is 1.41 bits per heavy atom. The molecule has 0 saturated heterocycles. The van der Waals surface area contributed by atoms with Crippen molar-refractivity contribution in [3.63, 3.8) is 0 Å². The molecule has 0 saturated carbocycles. The first kappa shape index (κ1) is 13.7. The normalized spacial score (nSPS) is 12.2. The molecule has 0 radical (unpaired) electrons. The van der Waals surface area contributed by atoms with E-state index in [2.05, 4.69) is 12.2 Å². The Balaban J connectivity index is 2.56. The van der Waals surface area contributed by atoms with Gasteiger partial charge in [0.15, 0.2) is 0 Å². The summed E-state index contributed by atoms with van der Waals surface area (Å²) in [5, 5.41) is 2.91. The lowest BCUT2D eigenvalue weighted by atomic mass is 10.0. The molecule has 1 aromatic rings. The van der Waals surface area contributed by atoms with Gasteiger partial charge in [-0.05, 0) is 43.9 Å². The van der Waals surface area contributed by atoms with E-state index in [0.29, 0.717) is 6.54 Å². The van der Waals surface area contributed by atoms with Crippen molar-refractivity contribution in [3.8, 4) is 0 Å². The van der Waals surface area contributed by atoms with E-state index in [0.717, 1.165) is 29.5 Å². The van der Waals surface area contributed by atoms with E-state index in [-0.39, 0.29) is 11.9 Å². The molecule has 0 aromatic heterocycles. The molecule has 0 spiro atoms. The molecule has 0 fully saturated rings. The van der Waals surface area contributed by atoms with Crippen molar-refractivity contribution in [1.29, 1.82) is 0 Å². The number of carbonyl (C=O) groups is 1. The molecule has 94 valence electrons. The highest BCUT2D eigenvalue weighted by Gasteiger charge is 2.09. The molecule has 0 bridgehead atoms. The van der Waals surface area contributed by atoms with E-state index in [9.17, 15) is 4.79 Å². The fourth-order valence-corrected chi connectivity index (χ4v) is 1.67. The lowest BCUT2D eigenvalue weighted by molar-refractivity contribution is 0.0952. The van der Waals surface area contributed by atoms with Crippen LogP contribution in [0.15, 0.2) is 18.2 Å². The predicted molar refractivity (Wildman–Crippen MR) is 71.1 cm³/mol. The number of benzene rings is 1. The molecule has 3 heteroatoms. The standard InChI is InChI=1S/C14H22N2O/c1-4-12(15)8-9-16-14(17)13-7-5-6-10(2)11(13)3/h5-7,12H,4,8-9,15H2,1-3H3,(H,16,17). The molecule has 1 unspecified atom stereocenters. The minimum absolute atomic E-state index is 0.00509. The number of aryl methyl sites for hydroxylation is 1. The molecule has 3 N–H and O–H groups in total. The third kappa shape index (κ3) is 3.86. The summed E-state index contributed by atoms with van der Waals surface area (Å²) in [6, 6.07) is 5.96. The third-order valence-corrected chi connectivity index (χ3v) is 3.17. The number of nitrogens with two attached hydrogens (primary N) is 1. The molecular weight excluding hydrogens is 212 g/mol. The Bertz CT molecular complexity index is 388. The molecule has 0 aliphatic carbocycles. The van der Waals surface area contributed by atoms with Crippen LogP contribution in [-0.4, -0.2) is 18.5 Å². The SMILES string of the molecule is CCC(N)CCNC(=O)c1cccc(C)c1C. The average Bonchev–Trinajstić information content (AvgIpc) is 2.32. The van der Waals surface area contributed by atoms with Crippen molar-refractivity contribution in [2.45, 2.75) is 39.7 Å². The Kier molecular flexibility index (Phi) is 5.16. The monoisotopic (exact) mass is 234 g/mol. The average molecular weight is 234 g/mol. The summed E-state index contributed by atoms with van der Waals surface area (Å²) >= 11 is 0. The third-order valence-electron chi connectivity index (χ3n) is 3.17. The van der Waals surface area contributed by atoms with Crippen LogP contribution in [0.1, 0.15) is 41.3 Å². The molecule has 1 rings (SSSR count). The quantitative estimate of drug-likeness (QED) is 0.820. The van der Waals surface area contributed by atoms with Crippen LogP contribution in [0.2, 0.25) is 0 Å². The zero-order valence-electron chi connectivity index (χ0n) is 10.9. The Hall–Kier alpha value is -1.35. The van der Waals surface area contributed by atoms with Crippen LogP contribution in [0.3, 0.4) is 0 Å². The second-order valence-electron chi connectivity index (χ2n) is 4.46. The first-order valence-electron chi connectivity index (χ1n) is 6.16. The molecule has 0 heterocycles. The minimum atomic E-state index is -0.00509. The summed E-state index contributed by atoms with van der Waals surface area (Å²) in [5.74, 6) is -0.00509. The van der Waals surface area contributed by atoms with Crippen molar-refractivity contribution in [1.82, 2.24) is 5.32 Å². The predicted octanol–water partition coefficient (Wildman–Crippen LogP) is 2.16. The molecule has 0 aliphatic heterocycles. The second kappa shape index (κ2) is 6.40. The van der Waals surface area contributed by atoms with Gasteiger partial charge in [-0.1, -0.05) is 19.1 Å². The molecule has 1 aromatic carbocycles. The van der Waals surface area contributed by atoms with Crippen LogP contribution >= 0.6 is 0 Å². The summed E-state index contributed by atoms with van der Waals surface area (Å²) in [7, 11) is 0. The molecular formula is C14H22N2O. The van der Waals surface area contributed by atoms with Crippen LogP contribution < -0.4 is 11.1 Å². The summed E-state index contributed by atoms with van der Waals surface area (Å²) in [6.07, 6.45) is 1.77. The van der Waals surface area contributed by atoms with E-state index in [1.165, 1.54) is 0 Å². The Morgan fingerprint density at radius 3 is 2.76 bits per heavy atom. The van der Waals surface area contributed by atoms with Crippen LogP contribution in [0.4, 0.5) is 0 Å². The number of hydrogen-bond donors (Lipinski definition) is 2. The lowest BCUT2D eigenvalue weighted by Crippen LogP contribution is -2.30. The maximum Gasteiger partial charge on any atom is 0.251 e. The van der Waals surface area contributed by atoms with Crippen molar-refractivity contribution < 1.29 is 4.79 Å². The molecule has 3 nitrogen and oxygen atoms in total. The van der Waals surface area contributed by atoms with Gasteiger partial charge in [-0.25, -0.2) is 0 Å². The Morgan fingerprint density at radius 2 is 2.12 bits per heavy atom. The van der Waals surface area contributed by atoms with Crippen LogP contribution in [0, 0.1) is 13.8 Å². The number of amides is 1. The van der Waals surface area contributed by atoms with E-state index >= 15 is 0 Å². The van der Waals surface area contributed by atoms with Crippen LogP contribution in [0.25, 0.3) is 0 Å². The highest BCUT2D eigenvalue weighted by Crippen LogP contribution is 2.12. The smallest absolute Gasteiger partial charge is 0.251 e. The highest BCUT2D eigenvalue weighted by molar-refractivity contribution is 5.95. The summed E-state index contributed by atoms with van der Waals surface area (Å²) in [4.78, 5) is 11.9. The molecule has 1 atom stereocenters. The van der Waals surface area contributed by atoms with Gasteiger partial charge in [0, 0.05) is 18.2 Å². The van der Waals surface area contributed by atoms with E-state index in [4.69, 9.17) is 5.73 Å². The van der Waals surface area contributed by atoms with Gasteiger partial charge < -0.3 is 11.1 Å². The van der Waals surface area contributed by atoms with Gasteiger partial charge in [0.25, 0.3) is 5.91 Å². The fraction of sp³-hybridized carbons (Fsp3) is 0.500. The summed E-state index contributed by atoms with van der Waals surface area (Å²) < 4.78 is 0. The number of carbonyl (C=O) groups excluding carboxylic acids is 1. The first-order chi connectivity index (χ1) is 8.06. The van der Waals surface area contributed by atoms with Crippen molar-refractivity contribution in [2.24, 2.45) is 5.73 Å². The van der Waals surface area contributed by atoms with Gasteiger partial charge in [-0.15, -0.1) is 0 Å². The van der Waals surface area contributed by atoms with Gasteiger partial charge in [-0.2, -0.15) is 0 Å². The van der Waals surface area contributed by atoms with Gasteiger partial charge >= 0.3 is 0 Å². The van der Waals surface area contributed by atoms with E-state index < -0.39 is 0 Å². The zero-order chi connectivity index (χ0) is 12.8. The van der Waals surface area contributed by atoms with Crippen molar-refractivity contribution >= 4 is 5.91 Å². The maximum absolute atomic E-state index is 11.9. The van der Waals surface area contributed by atoms with Gasteiger partial charge in [-0.3, -0.25) is 4.79 Å². The fourth-order valence-electron chi connectivity index (χ4n) is 1.67. The van der Waals surface area contributed by atoms with Crippen molar-refractivity contribution in [3.05, 3.63) is 34.9 Å². The summed E-state index contributed by atoms with van der Waals surface area (Å²) in [5.41, 5.74) is 8.75. The van der Waals surface area contributed by atoms with Crippen LogP contribution in [0.5, 0.6) is 0 Å². The van der Waals surface area contributed by atoms with Gasteiger partial charge in [0.2, 0.25) is 0 Å². The lowest BCUT2D eigenvalue weighted by Gasteiger charge is -2.11. The van der Waals surface area contributed by atoms with Crippen LogP contribution in [-0.2, 0) is 0 Å². The largest absolute Gasteiger partial charge is 0.352 e. The molecule has 0 aliphatic rings. The molecule has 17 heavy (non-hydrogen) atoms. The number of hydrogen-bond acceptors (Lipinski definition) is 2. The van der Waals surface area contributed by atoms with Gasteiger partial charge in [0.05, 0.1) is 0 Å². The second-order valence-corrected chi connectivity index (χ2v) is 4.46. The minimum Gasteiger partial charge on any atom is -0.352 e. The molecule has 1 amide bonds. The highest BCUT2D eigenvalue weighted by atomic mass is 16.1. The number of nitrogens with one attached hydrogen (secondary N) is 1. The maximum atomic E-state index is 11.9. The zero-order valence-corrected chi connectivity index (χ0v) is 10.9. The summed E-state index contributed by atoms with van der Waals surface area (Å²) in [6.45, 7) is 6.68.